The highest BCUT2D eigenvalue weighted by Gasteiger charge is 2.19. The van der Waals surface area contributed by atoms with Crippen LogP contribution in [0.25, 0.3) is 6.08 Å². The summed E-state index contributed by atoms with van der Waals surface area (Å²) in [7, 11) is 0. The predicted octanol–water partition coefficient (Wildman–Crippen LogP) is 2.13. The van der Waals surface area contributed by atoms with E-state index in [0.717, 1.165) is 25.6 Å². The standard InChI is InChI=1S/C14H18N2/c1-2-4-13-10-16-14(9-12(13)3-1)11-5-7-15-8-6-11/h1-4,9,11,15-16H,5-8,10H2. The molecule has 16 heavy (non-hydrogen) atoms. The van der Waals surface area contributed by atoms with Crippen LogP contribution in [0, 0.1) is 5.92 Å². The van der Waals surface area contributed by atoms with Crippen LogP contribution >= 0.6 is 0 Å². The van der Waals surface area contributed by atoms with Crippen molar-refractivity contribution in [2.45, 2.75) is 19.4 Å². The molecule has 1 fully saturated rings. The lowest BCUT2D eigenvalue weighted by Gasteiger charge is -2.29. The van der Waals surface area contributed by atoms with Crippen molar-refractivity contribution in [1.29, 1.82) is 0 Å². The van der Waals surface area contributed by atoms with E-state index in [1.807, 2.05) is 0 Å². The number of rotatable bonds is 1. The highest BCUT2D eigenvalue weighted by Crippen LogP contribution is 2.26. The van der Waals surface area contributed by atoms with Gasteiger partial charge in [0.2, 0.25) is 0 Å². The molecule has 0 amide bonds. The highest BCUT2D eigenvalue weighted by atomic mass is 14.9. The SMILES string of the molecule is C1=C(C2CCNCC2)NCc2ccccc21. The van der Waals surface area contributed by atoms with Crippen molar-refractivity contribution >= 4 is 6.08 Å². The zero-order valence-corrected chi connectivity index (χ0v) is 9.50. The normalized spacial score (nSPS) is 20.9. The van der Waals surface area contributed by atoms with Gasteiger partial charge in [0.25, 0.3) is 0 Å². The molecule has 0 bridgehead atoms. The molecule has 2 N–H and O–H groups in total. The summed E-state index contributed by atoms with van der Waals surface area (Å²) >= 11 is 0. The second-order valence-electron chi connectivity index (χ2n) is 4.68. The minimum atomic E-state index is 0.731. The summed E-state index contributed by atoms with van der Waals surface area (Å²) in [5.74, 6) is 0.731. The third-order valence-electron chi connectivity index (χ3n) is 3.63. The molecule has 0 aliphatic carbocycles. The fourth-order valence-electron chi connectivity index (χ4n) is 2.65. The summed E-state index contributed by atoms with van der Waals surface area (Å²) in [6.07, 6.45) is 4.87. The Balaban J connectivity index is 1.85. The van der Waals surface area contributed by atoms with Crippen LogP contribution in [0.15, 0.2) is 30.0 Å². The fraction of sp³-hybridized carbons (Fsp3) is 0.429. The van der Waals surface area contributed by atoms with Crippen molar-refractivity contribution in [3.8, 4) is 0 Å². The molecule has 2 aliphatic heterocycles. The van der Waals surface area contributed by atoms with E-state index in [0.29, 0.717) is 0 Å². The molecule has 2 heterocycles. The molecule has 2 nitrogen and oxygen atoms in total. The summed E-state index contributed by atoms with van der Waals surface area (Å²) in [6, 6.07) is 8.67. The van der Waals surface area contributed by atoms with E-state index in [1.54, 1.807) is 0 Å². The molecule has 1 aromatic rings. The van der Waals surface area contributed by atoms with E-state index in [9.17, 15) is 0 Å². The molecule has 3 rings (SSSR count). The molecule has 0 saturated carbocycles. The van der Waals surface area contributed by atoms with Crippen LogP contribution in [-0.2, 0) is 6.54 Å². The third kappa shape index (κ3) is 1.85. The first-order chi connectivity index (χ1) is 7.93. The fourth-order valence-corrected chi connectivity index (χ4v) is 2.65. The number of hydrogen-bond donors (Lipinski definition) is 2. The van der Waals surface area contributed by atoms with Crippen LogP contribution < -0.4 is 10.6 Å². The van der Waals surface area contributed by atoms with Crippen molar-refractivity contribution < 1.29 is 0 Å². The molecule has 0 aromatic heterocycles. The van der Waals surface area contributed by atoms with Gasteiger partial charge in [0.05, 0.1) is 0 Å². The van der Waals surface area contributed by atoms with Gasteiger partial charge in [0.1, 0.15) is 0 Å². The Kier molecular flexibility index (Phi) is 2.66. The smallest absolute Gasteiger partial charge is 0.0403 e. The van der Waals surface area contributed by atoms with Gasteiger partial charge in [0.15, 0.2) is 0 Å². The summed E-state index contributed by atoms with van der Waals surface area (Å²) in [5.41, 5.74) is 4.26. The van der Waals surface area contributed by atoms with Crippen LogP contribution in [0.5, 0.6) is 0 Å². The summed E-state index contributed by atoms with van der Waals surface area (Å²) in [4.78, 5) is 0. The van der Waals surface area contributed by atoms with Crippen molar-refractivity contribution in [2.75, 3.05) is 13.1 Å². The van der Waals surface area contributed by atoms with Crippen LogP contribution in [-0.4, -0.2) is 13.1 Å². The van der Waals surface area contributed by atoms with Gasteiger partial charge in [-0.25, -0.2) is 0 Å². The van der Waals surface area contributed by atoms with E-state index in [4.69, 9.17) is 0 Å². The topological polar surface area (TPSA) is 24.1 Å². The molecular weight excluding hydrogens is 196 g/mol. The van der Waals surface area contributed by atoms with Crippen LogP contribution in [0.4, 0.5) is 0 Å². The first-order valence-corrected chi connectivity index (χ1v) is 6.17. The summed E-state index contributed by atoms with van der Waals surface area (Å²) in [5, 5.41) is 7.00. The predicted molar refractivity (Wildman–Crippen MR) is 66.9 cm³/mol. The first-order valence-electron chi connectivity index (χ1n) is 6.17. The van der Waals surface area contributed by atoms with Crippen LogP contribution in [0.3, 0.4) is 0 Å². The maximum absolute atomic E-state index is 3.58. The van der Waals surface area contributed by atoms with Crippen molar-refractivity contribution in [2.24, 2.45) is 5.92 Å². The molecular formula is C14H18N2. The summed E-state index contributed by atoms with van der Waals surface area (Å²) < 4.78 is 0. The van der Waals surface area contributed by atoms with Gasteiger partial charge in [-0.15, -0.1) is 0 Å². The van der Waals surface area contributed by atoms with E-state index in [1.165, 1.54) is 29.7 Å². The zero-order valence-electron chi connectivity index (χ0n) is 9.50. The second-order valence-corrected chi connectivity index (χ2v) is 4.68. The number of hydrogen-bond acceptors (Lipinski definition) is 2. The van der Waals surface area contributed by atoms with Crippen molar-refractivity contribution in [3.05, 3.63) is 41.1 Å². The van der Waals surface area contributed by atoms with Gasteiger partial charge in [-0.1, -0.05) is 24.3 Å². The Labute approximate surface area is 96.7 Å². The van der Waals surface area contributed by atoms with Gasteiger partial charge in [0, 0.05) is 18.2 Å². The molecule has 0 atom stereocenters. The molecule has 0 radical (unpaired) electrons. The summed E-state index contributed by atoms with van der Waals surface area (Å²) in [6.45, 7) is 3.31. The lowest BCUT2D eigenvalue weighted by atomic mass is 9.90. The molecule has 0 spiro atoms. The average Bonchev–Trinajstić information content (AvgIpc) is 2.39. The number of benzene rings is 1. The minimum absolute atomic E-state index is 0.731. The molecule has 2 heteroatoms. The van der Waals surface area contributed by atoms with E-state index in [2.05, 4.69) is 41.0 Å². The second kappa shape index (κ2) is 4.30. The lowest BCUT2D eigenvalue weighted by molar-refractivity contribution is 0.402. The molecule has 0 unspecified atom stereocenters. The average molecular weight is 214 g/mol. The molecule has 1 aromatic carbocycles. The third-order valence-corrected chi connectivity index (χ3v) is 3.63. The number of fused-ring (bicyclic) bond motifs is 1. The van der Waals surface area contributed by atoms with E-state index >= 15 is 0 Å². The largest absolute Gasteiger partial charge is 0.384 e. The minimum Gasteiger partial charge on any atom is -0.384 e. The molecule has 84 valence electrons. The maximum Gasteiger partial charge on any atom is 0.0403 e. The Morgan fingerprint density at radius 1 is 1.06 bits per heavy atom. The zero-order chi connectivity index (χ0) is 10.8. The van der Waals surface area contributed by atoms with Crippen LogP contribution in [0.1, 0.15) is 24.0 Å². The first kappa shape index (κ1) is 9.91. The lowest BCUT2D eigenvalue weighted by Crippen LogP contribution is -2.33. The monoisotopic (exact) mass is 214 g/mol. The Bertz CT molecular complexity index is 403. The van der Waals surface area contributed by atoms with Gasteiger partial charge in [-0.05, 0) is 43.1 Å². The number of nitrogens with one attached hydrogen (secondary N) is 2. The van der Waals surface area contributed by atoms with Crippen LogP contribution in [0.2, 0.25) is 0 Å². The van der Waals surface area contributed by atoms with Gasteiger partial charge in [-0.2, -0.15) is 0 Å². The molecule has 2 aliphatic rings. The van der Waals surface area contributed by atoms with Crippen molar-refractivity contribution in [3.63, 3.8) is 0 Å². The van der Waals surface area contributed by atoms with Crippen molar-refractivity contribution in [1.82, 2.24) is 10.6 Å². The Morgan fingerprint density at radius 3 is 2.75 bits per heavy atom. The van der Waals surface area contributed by atoms with Gasteiger partial charge >= 0.3 is 0 Å². The number of piperidine rings is 1. The number of allylic oxidation sites excluding steroid dienone is 1. The Hall–Kier alpha value is -1.28. The van der Waals surface area contributed by atoms with Gasteiger partial charge < -0.3 is 10.6 Å². The molecule has 1 saturated heterocycles. The quantitative estimate of drug-likeness (QED) is 0.748. The Morgan fingerprint density at radius 2 is 1.88 bits per heavy atom. The van der Waals surface area contributed by atoms with Gasteiger partial charge in [-0.3, -0.25) is 0 Å². The van der Waals surface area contributed by atoms with E-state index < -0.39 is 0 Å². The maximum atomic E-state index is 3.58. The van der Waals surface area contributed by atoms with E-state index in [-0.39, 0.29) is 0 Å². The highest BCUT2D eigenvalue weighted by molar-refractivity contribution is 5.59.